The van der Waals surface area contributed by atoms with Crippen LogP contribution in [-0.4, -0.2) is 19.1 Å². The van der Waals surface area contributed by atoms with Crippen molar-refractivity contribution in [2.45, 2.75) is 6.04 Å². The van der Waals surface area contributed by atoms with Crippen LogP contribution in [0.5, 0.6) is 11.5 Å². The van der Waals surface area contributed by atoms with Crippen LogP contribution in [0.2, 0.25) is 0 Å². The topological polar surface area (TPSA) is 64.8 Å². The lowest BCUT2D eigenvalue weighted by molar-refractivity contribution is -0.113. The molecule has 0 aliphatic carbocycles. The van der Waals surface area contributed by atoms with Crippen molar-refractivity contribution in [3.63, 3.8) is 0 Å². The highest BCUT2D eigenvalue weighted by Crippen LogP contribution is 2.44. The summed E-state index contributed by atoms with van der Waals surface area (Å²) >= 11 is 0. The third-order valence-electron chi connectivity index (χ3n) is 5.26. The molecule has 1 amide bonds. The molecule has 2 N–H and O–H groups in total. The fraction of sp³-hybridized carbons (Fsp3) is 0.125. The number of hydrogen-bond donors (Lipinski definition) is 1. The Balaban J connectivity index is 1.65. The molecule has 5 rings (SSSR count). The number of hydrogen-bond acceptors (Lipinski definition) is 4. The standard InChI is InChI=1S/C24H20N2O3/c25-22-21(16-7-3-1-4-8-16)24(27)26(23(22)17-9-5-2-6-10-17)18-11-12-19-20(15-18)29-14-13-28-19/h1-12,15,23H,13-14,25H2. The quantitative estimate of drug-likeness (QED) is 0.743. The molecule has 0 saturated carbocycles. The Morgan fingerprint density at radius 1 is 0.828 bits per heavy atom. The highest BCUT2D eigenvalue weighted by atomic mass is 16.6. The molecule has 1 unspecified atom stereocenters. The summed E-state index contributed by atoms with van der Waals surface area (Å²) in [7, 11) is 0. The molecule has 0 fully saturated rings. The second-order valence-electron chi connectivity index (χ2n) is 7.01. The van der Waals surface area contributed by atoms with E-state index in [1.807, 2.05) is 78.9 Å². The fourth-order valence-corrected chi connectivity index (χ4v) is 3.94. The Morgan fingerprint density at radius 3 is 2.21 bits per heavy atom. The zero-order valence-electron chi connectivity index (χ0n) is 15.7. The molecule has 2 heterocycles. The first-order chi connectivity index (χ1) is 14.2. The number of nitrogens with zero attached hydrogens (tertiary/aromatic N) is 1. The predicted octanol–water partition coefficient (Wildman–Crippen LogP) is 3.92. The van der Waals surface area contributed by atoms with Gasteiger partial charge in [-0.05, 0) is 23.3 Å². The van der Waals surface area contributed by atoms with Gasteiger partial charge in [-0.3, -0.25) is 9.69 Å². The van der Waals surface area contributed by atoms with Crippen molar-refractivity contribution in [1.82, 2.24) is 0 Å². The van der Waals surface area contributed by atoms with Crippen LogP contribution in [0.15, 0.2) is 84.6 Å². The third kappa shape index (κ3) is 2.91. The summed E-state index contributed by atoms with van der Waals surface area (Å²) in [6.07, 6.45) is 0. The van der Waals surface area contributed by atoms with E-state index in [0.29, 0.717) is 36.0 Å². The van der Waals surface area contributed by atoms with E-state index in [0.717, 1.165) is 16.8 Å². The van der Waals surface area contributed by atoms with Gasteiger partial charge in [0.15, 0.2) is 11.5 Å². The number of fused-ring (bicyclic) bond motifs is 1. The Kier molecular flexibility index (Phi) is 4.21. The van der Waals surface area contributed by atoms with Crippen LogP contribution in [0, 0.1) is 0 Å². The number of benzene rings is 3. The van der Waals surface area contributed by atoms with E-state index in [9.17, 15) is 4.79 Å². The average molecular weight is 384 g/mol. The molecule has 0 bridgehead atoms. The van der Waals surface area contributed by atoms with Gasteiger partial charge in [0.25, 0.3) is 5.91 Å². The molecule has 2 aliphatic heterocycles. The summed E-state index contributed by atoms with van der Waals surface area (Å²) in [6.45, 7) is 1.01. The van der Waals surface area contributed by atoms with Gasteiger partial charge in [0, 0.05) is 17.5 Å². The van der Waals surface area contributed by atoms with Crippen LogP contribution in [0.3, 0.4) is 0 Å². The van der Waals surface area contributed by atoms with Gasteiger partial charge in [-0.1, -0.05) is 60.7 Å². The second kappa shape index (κ2) is 7.02. The molecule has 1 atom stereocenters. The minimum Gasteiger partial charge on any atom is -0.486 e. The zero-order valence-corrected chi connectivity index (χ0v) is 15.7. The predicted molar refractivity (Wildman–Crippen MR) is 112 cm³/mol. The molecule has 0 radical (unpaired) electrons. The van der Waals surface area contributed by atoms with Gasteiger partial charge in [-0.15, -0.1) is 0 Å². The first kappa shape index (κ1) is 17.4. The van der Waals surface area contributed by atoms with Gasteiger partial charge < -0.3 is 15.2 Å². The number of carbonyl (C=O) groups is 1. The normalized spacial score (nSPS) is 18.3. The molecule has 0 spiro atoms. The maximum absolute atomic E-state index is 13.6. The maximum Gasteiger partial charge on any atom is 0.261 e. The minimum atomic E-state index is -0.388. The third-order valence-corrected chi connectivity index (χ3v) is 5.26. The lowest BCUT2D eigenvalue weighted by Crippen LogP contribution is -2.31. The van der Waals surface area contributed by atoms with Crippen LogP contribution < -0.4 is 20.1 Å². The Bertz CT molecular complexity index is 1090. The monoisotopic (exact) mass is 384 g/mol. The average Bonchev–Trinajstić information content (AvgIpc) is 3.04. The zero-order chi connectivity index (χ0) is 19.8. The first-order valence-electron chi connectivity index (χ1n) is 9.57. The van der Waals surface area contributed by atoms with Crippen LogP contribution in [0.4, 0.5) is 5.69 Å². The summed E-state index contributed by atoms with van der Waals surface area (Å²) in [5, 5.41) is 0. The summed E-state index contributed by atoms with van der Waals surface area (Å²) in [4.78, 5) is 15.3. The molecular formula is C24H20N2O3. The van der Waals surface area contributed by atoms with E-state index in [4.69, 9.17) is 15.2 Å². The molecule has 2 aliphatic rings. The molecular weight excluding hydrogens is 364 g/mol. The molecule has 29 heavy (non-hydrogen) atoms. The molecule has 5 nitrogen and oxygen atoms in total. The maximum atomic E-state index is 13.6. The number of anilines is 1. The number of ether oxygens (including phenoxy) is 2. The number of amides is 1. The lowest BCUT2D eigenvalue weighted by atomic mass is 10.00. The molecule has 5 heteroatoms. The smallest absolute Gasteiger partial charge is 0.261 e. The van der Waals surface area contributed by atoms with E-state index in [2.05, 4.69) is 0 Å². The molecule has 0 aromatic heterocycles. The Labute approximate surface area is 169 Å². The summed E-state index contributed by atoms with van der Waals surface area (Å²) in [5.41, 5.74) is 10.2. The first-order valence-corrected chi connectivity index (χ1v) is 9.57. The van der Waals surface area contributed by atoms with E-state index in [1.165, 1.54) is 0 Å². The van der Waals surface area contributed by atoms with Gasteiger partial charge >= 0.3 is 0 Å². The van der Waals surface area contributed by atoms with Gasteiger partial charge in [0.1, 0.15) is 19.3 Å². The van der Waals surface area contributed by atoms with Crippen molar-refractivity contribution in [3.05, 3.63) is 95.7 Å². The fourth-order valence-electron chi connectivity index (χ4n) is 3.94. The highest BCUT2D eigenvalue weighted by Gasteiger charge is 2.40. The van der Waals surface area contributed by atoms with Gasteiger partial charge in [0.2, 0.25) is 0 Å². The van der Waals surface area contributed by atoms with Crippen LogP contribution >= 0.6 is 0 Å². The van der Waals surface area contributed by atoms with E-state index in [1.54, 1.807) is 4.90 Å². The van der Waals surface area contributed by atoms with Crippen molar-refractivity contribution in [2.24, 2.45) is 5.73 Å². The van der Waals surface area contributed by atoms with Crippen molar-refractivity contribution in [3.8, 4) is 11.5 Å². The summed E-state index contributed by atoms with van der Waals surface area (Å²) in [6, 6.07) is 24.6. The van der Waals surface area contributed by atoms with Crippen LogP contribution in [0.25, 0.3) is 5.57 Å². The SMILES string of the molecule is NC1=C(c2ccccc2)C(=O)N(c2ccc3c(c2)OCCO3)C1c1ccccc1. The minimum absolute atomic E-state index is 0.126. The molecule has 0 saturated heterocycles. The lowest BCUT2D eigenvalue weighted by Gasteiger charge is -2.28. The number of nitrogens with two attached hydrogens (primary N) is 1. The summed E-state index contributed by atoms with van der Waals surface area (Å²) in [5.74, 6) is 1.20. The van der Waals surface area contributed by atoms with Gasteiger partial charge in [0.05, 0.1) is 5.57 Å². The Morgan fingerprint density at radius 2 is 1.48 bits per heavy atom. The number of rotatable bonds is 3. The van der Waals surface area contributed by atoms with Crippen molar-refractivity contribution >= 4 is 17.2 Å². The highest BCUT2D eigenvalue weighted by molar-refractivity contribution is 6.30. The largest absolute Gasteiger partial charge is 0.486 e. The van der Waals surface area contributed by atoms with Crippen molar-refractivity contribution in [1.29, 1.82) is 0 Å². The van der Waals surface area contributed by atoms with Gasteiger partial charge in [-0.25, -0.2) is 0 Å². The number of carbonyl (C=O) groups excluding carboxylic acids is 1. The second-order valence-corrected chi connectivity index (χ2v) is 7.01. The van der Waals surface area contributed by atoms with E-state index >= 15 is 0 Å². The molecule has 3 aromatic rings. The van der Waals surface area contributed by atoms with Gasteiger partial charge in [-0.2, -0.15) is 0 Å². The van der Waals surface area contributed by atoms with Crippen LogP contribution in [0.1, 0.15) is 17.2 Å². The molecule has 144 valence electrons. The van der Waals surface area contributed by atoms with Crippen molar-refractivity contribution < 1.29 is 14.3 Å². The molecule has 3 aromatic carbocycles. The van der Waals surface area contributed by atoms with Crippen molar-refractivity contribution in [2.75, 3.05) is 18.1 Å². The Hall–Kier alpha value is -3.73. The summed E-state index contributed by atoms with van der Waals surface area (Å²) < 4.78 is 11.4. The van der Waals surface area contributed by atoms with E-state index in [-0.39, 0.29) is 11.9 Å². The van der Waals surface area contributed by atoms with Crippen LogP contribution in [-0.2, 0) is 4.79 Å². The van der Waals surface area contributed by atoms with E-state index < -0.39 is 0 Å².